The van der Waals surface area contributed by atoms with E-state index in [1.807, 2.05) is 6.92 Å². The lowest BCUT2D eigenvalue weighted by Gasteiger charge is -2.29. The smallest absolute Gasteiger partial charge is 0.326 e. The molecule has 0 fully saturated rings. The maximum absolute atomic E-state index is 12.9. The van der Waals surface area contributed by atoms with Gasteiger partial charge >= 0.3 is 11.9 Å². The van der Waals surface area contributed by atoms with Gasteiger partial charge in [0.25, 0.3) is 11.8 Å². The Morgan fingerprint density at radius 3 is 2.33 bits per heavy atom. The Balaban J connectivity index is 2.16. The Morgan fingerprint density at radius 1 is 1.00 bits per heavy atom. The van der Waals surface area contributed by atoms with E-state index in [2.05, 4.69) is 16.0 Å². The minimum Gasteiger partial charge on any atom is -0.494 e. The van der Waals surface area contributed by atoms with Crippen molar-refractivity contribution in [2.45, 2.75) is 71.4 Å². The number of ether oxygens (including phenoxy) is 1. The molecule has 0 unspecified atom stereocenters. The van der Waals surface area contributed by atoms with Crippen LogP contribution in [0.15, 0.2) is 34.7 Å². The molecule has 0 radical (unpaired) electrons. The Kier molecular flexibility index (Phi) is 14.5. The number of carboxylic acids is 2. The maximum Gasteiger partial charge on any atom is 0.326 e. The van der Waals surface area contributed by atoms with Crippen molar-refractivity contribution in [2.75, 3.05) is 13.3 Å². The summed E-state index contributed by atoms with van der Waals surface area (Å²) in [5.41, 5.74) is 0.278. The Hall–Kier alpha value is -4.92. The van der Waals surface area contributed by atoms with Gasteiger partial charge in [-0.15, -0.1) is 0 Å². The number of hydroxylamine groups is 2. The number of carboxylic acid groups (broad SMARTS) is 2. The zero-order chi connectivity index (χ0) is 33.5. The molecule has 0 spiro atoms. The highest BCUT2D eigenvalue weighted by Gasteiger charge is 2.31. The molecule has 0 aliphatic heterocycles. The van der Waals surface area contributed by atoms with Gasteiger partial charge in [0.15, 0.2) is 5.76 Å². The van der Waals surface area contributed by atoms with Gasteiger partial charge in [0.1, 0.15) is 17.6 Å². The van der Waals surface area contributed by atoms with E-state index in [1.165, 1.54) is 24.3 Å². The lowest BCUT2D eigenvalue weighted by atomic mass is 9.90. The molecule has 1 heterocycles. The highest BCUT2D eigenvalue weighted by atomic mass is 16.5. The molecule has 0 bridgehead atoms. The van der Waals surface area contributed by atoms with E-state index in [1.54, 1.807) is 19.9 Å². The van der Waals surface area contributed by atoms with Crippen LogP contribution in [0.3, 0.4) is 0 Å². The maximum atomic E-state index is 12.9. The van der Waals surface area contributed by atoms with Gasteiger partial charge in [-0.1, -0.05) is 33.1 Å². The van der Waals surface area contributed by atoms with Crippen molar-refractivity contribution in [3.63, 3.8) is 0 Å². The Bertz CT molecular complexity index is 1340. The van der Waals surface area contributed by atoms with Crippen LogP contribution in [0.1, 0.15) is 80.2 Å². The number of hydrogen-bond acceptors (Lipinski definition) is 9. The van der Waals surface area contributed by atoms with Crippen LogP contribution < -0.4 is 20.7 Å². The summed E-state index contributed by atoms with van der Waals surface area (Å²) in [5.74, 6) is -5.28. The summed E-state index contributed by atoms with van der Waals surface area (Å²) >= 11 is 0. The molecular formula is C30H40N4O11. The normalized spacial score (nSPS) is 12.7. The quantitative estimate of drug-likeness (QED) is 0.0409. The van der Waals surface area contributed by atoms with Crippen LogP contribution in [0.25, 0.3) is 11.3 Å². The molecule has 0 saturated carbocycles. The lowest BCUT2D eigenvalue weighted by molar-refractivity contribution is -0.168. The molecule has 2 aromatic rings. The molecule has 0 saturated heterocycles. The molecule has 6 N–H and O–H groups in total. The number of aliphatic carboxylic acids is 2. The number of nitrogens with zero attached hydrogens (tertiary/aromatic N) is 1. The van der Waals surface area contributed by atoms with Crippen molar-refractivity contribution in [2.24, 2.45) is 5.92 Å². The van der Waals surface area contributed by atoms with Gasteiger partial charge in [0.05, 0.1) is 31.7 Å². The van der Waals surface area contributed by atoms with Crippen LogP contribution in [0.5, 0.6) is 5.75 Å². The van der Waals surface area contributed by atoms with Crippen LogP contribution in [-0.2, 0) is 19.2 Å². The van der Waals surface area contributed by atoms with E-state index < -0.39 is 54.1 Å². The van der Waals surface area contributed by atoms with Gasteiger partial charge in [-0.25, -0.2) is 9.86 Å². The summed E-state index contributed by atoms with van der Waals surface area (Å²) in [6.07, 6.45) is 2.73. The molecule has 246 valence electrons. The number of carbonyl (C=O) groups is 6. The molecule has 0 aliphatic rings. The zero-order valence-electron chi connectivity index (χ0n) is 25.4. The largest absolute Gasteiger partial charge is 0.494 e. The van der Waals surface area contributed by atoms with Gasteiger partial charge in [-0.3, -0.25) is 29.2 Å². The molecule has 0 aliphatic carbocycles. The molecule has 1 aromatic heterocycles. The summed E-state index contributed by atoms with van der Waals surface area (Å²) < 4.78 is 11.2. The van der Waals surface area contributed by atoms with Crippen LogP contribution >= 0.6 is 0 Å². The predicted octanol–water partition coefficient (Wildman–Crippen LogP) is 2.63. The van der Waals surface area contributed by atoms with Gasteiger partial charge in [0, 0.05) is 11.1 Å². The zero-order valence-corrected chi connectivity index (χ0v) is 25.4. The third-order valence-corrected chi connectivity index (χ3v) is 6.87. The summed E-state index contributed by atoms with van der Waals surface area (Å²) in [7, 11) is 0. The summed E-state index contributed by atoms with van der Waals surface area (Å²) in [6, 6.07) is 4.71. The average molecular weight is 633 g/mol. The number of unbranched alkanes of at least 4 members (excludes halogenated alkanes) is 2. The fourth-order valence-corrected chi connectivity index (χ4v) is 4.63. The third-order valence-electron chi connectivity index (χ3n) is 6.87. The molecular weight excluding hydrogens is 592 g/mol. The molecule has 3 atom stereocenters. The van der Waals surface area contributed by atoms with Crippen molar-refractivity contribution in [3.8, 4) is 17.1 Å². The molecule has 4 amide bonds. The molecule has 15 nitrogen and oxygen atoms in total. The highest BCUT2D eigenvalue weighted by Crippen LogP contribution is 2.28. The first-order valence-electron chi connectivity index (χ1n) is 14.6. The lowest BCUT2D eigenvalue weighted by Crippen LogP contribution is -2.47. The first-order chi connectivity index (χ1) is 21.4. The Morgan fingerprint density at radius 2 is 1.73 bits per heavy atom. The van der Waals surface area contributed by atoms with E-state index in [0.717, 1.165) is 19.3 Å². The van der Waals surface area contributed by atoms with Crippen molar-refractivity contribution in [1.82, 2.24) is 21.0 Å². The number of benzene rings is 1. The van der Waals surface area contributed by atoms with E-state index in [9.17, 15) is 39.1 Å². The van der Waals surface area contributed by atoms with Gasteiger partial charge in [-0.05, 0) is 50.1 Å². The first kappa shape index (κ1) is 36.3. The van der Waals surface area contributed by atoms with Crippen LogP contribution in [-0.4, -0.2) is 81.9 Å². The van der Waals surface area contributed by atoms with E-state index in [-0.39, 0.29) is 42.5 Å². The molecule has 1 aromatic carbocycles. The first-order valence-corrected chi connectivity index (χ1v) is 14.6. The molecule has 45 heavy (non-hydrogen) atoms. The van der Waals surface area contributed by atoms with Crippen molar-refractivity contribution in [3.05, 3.63) is 41.7 Å². The number of rotatable bonds is 20. The second kappa shape index (κ2) is 18.0. The van der Waals surface area contributed by atoms with Crippen molar-refractivity contribution < 1.29 is 53.3 Å². The SMILES string of the molecule is CCCCC[C@@H](C(=O)NCNC(=O)c1ccc(-c2cc(OCC)cc(C(=O)N[C@@H](CC(=O)O)C(=O)O)c2)o1)[C@@H](CC)N(O)C=O. The van der Waals surface area contributed by atoms with Gasteiger partial charge in [-0.2, -0.15) is 0 Å². The highest BCUT2D eigenvalue weighted by molar-refractivity contribution is 5.99. The fourth-order valence-electron chi connectivity index (χ4n) is 4.63. The van der Waals surface area contributed by atoms with Crippen LogP contribution in [0.4, 0.5) is 0 Å². The van der Waals surface area contributed by atoms with Crippen LogP contribution in [0.2, 0.25) is 0 Å². The average Bonchev–Trinajstić information content (AvgIpc) is 3.50. The number of nitrogens with one attached hydrogen (secondary N) is 3. The second-order valence-corrected chi connectivity index (χ2v) is 10.1. The molecule has 2 rings (SSSR count). The topological polar surface area (TPSA) is 225 Å². The second-order valence-electron chi connectivity index (χ2n) is 10.1. The van der Waals surface area contributed by atoms with Crippen LogP contribution in [0, 0.1) is 5.92 Å². The van der Waals surface area contributed by atoms with E-state index in [4.69, 9.17) is 14.3 Å². The standard InChI is InChI=1S/C30H40N4O11/c1-4-7-8-9-21(23(5-2)34(43)17-35)28(39)31-16-32-29(40)25-11-10-24(45-25)18-12-19(14-20(13-18)44-6-3)27(38)33-22(30(41)42)15-26(36)37/h10-14,17,21-23,43H,4-9,15-16H2,1-3H3,(H,31,39)(H,32,40)(H,33,38)(H,36,37)(H,41,42)/t21-,22+,23-/m1/s1. The number of amides is 4. The van der Waals surface area contributed by atoms with Crippen molar-refractivity contribution in [1.29, 1.82) is 0 Å². The number of carbonyl (C=O) groups excluding carboxylic acids is 4. The third kappa shape index (κ3) is 10.9. The Labute approximate surface area is 259 Å². The van der Waals surface area contributed by atoms with E-state index >= 15 is 0 Å². The fraction of sp³-hybridized carbons (Fsp3) is 0.467. The van der Waals surface area contributed by atoms with Gasteiger partial charge in [0.2, 0.25) is 12.3 Å². The molecule has 15 heteroatoms. The minimum absolute atomic E-state index is 0.0346. The number of furan rings is 1. The minimum atomic E-state index is -1.67. The van der Waals surface area contributed by atoms with Gasteiger partial charge < -0.3 is 35.3 Å². The van der Waals surface area contributed by atoms with Crippen molar-refractivity contribution >= 4 is 36.1 Å². The predicted molar refractivity (Wildman–Crippen MR) is 158 cm³/mol. The summed E-state index contributed by atoms with van der Waals surface area (Å²) in [5, 5.41) is 36.0. The summed E-state index contributed by atoms with van der Waals surface area (Å²) in [6.45, 7) is 5.46. The summed E-state index contributed by atoms with van der Waals surface area (Å²) in [4.78, 5) is 72.1. The monoisotopic (exact) mass is 632 g/mol. The number of hydrogen-bond donors (Lipinski definition) is 6. The van der Waals surface area contributed by atoms with E-state index in [0.29, 0.717) is 23.5 Å².